The Kier molecular flexibility index (Phi) is 4.15. The first-order chi connectivity index (χ1) is 12.0. The lowest BCUT2D eigenvalue weighted by atomic mass is 9.81. The van der Waals surface area contributed by atoms with Crippen molar-refractivity contribution in [1.82, 2.24) is 0 Å². The number of hydrogen-bond acceptors (Lipinski definition) is 8. The number of ether oxygens (including phenoxy) is 5. The third kappa shape index (κ3) is 2.50. The molecular weight excluding hydrogens is 330 g/mol. The Morgan fingerprint density at radius 1 is 1.28 bits per heavy atom. The van der Waals surface area contributed by atoms with Crippen LogP contribution in [0.1, 0.15) is 18.4 Å². The van der Waals surface area contributed by atoms with E-state index in [1.165, 1.54) is 20.3 Å². The average molecular weight is 345 g/mol. The van der Waals surface area contributed by atoms with E-state index in [2.05, 4.69) is 0 Å². The molecule has 25 heavy (non-hydrogen) atoms. The summed E-state index contributed by atoms with van der Waals surface area (Å²) in [7, 11) is 2.90. The number of benzene rings is 1. The lowest BCUT2D eigenvalue weighted by Crippen LogP contribution is -2.30. The topological polar surface area (TPSA) is 107 Å². The summed E-state index contributed by atoms with van der Waals surface area (Å²) in [5, 5.41) is 19.7. The highest BCUT2D eigenvalue weighted by Gasteiger charge is 2.46. The smallest absolute Gasteiger partial charge is 0.347 e. The number of aliphatic hydroxyl groups is 1. The van der Waals surface area contributed by atoms with Crippen molar-refractivity contribution in [2.24, 2.45) is 0 Å². The van der Waals surface area contributed by atoms with Gasteiger partial charge in [0.15, 0.2) is 0 Å². The van der Waals surface area contributed by atoms with Crippen molar-refractivity contribution in [3.63, 3.8) is 0 Å². The summed E-state index contributed by atoms with van der Waals surface area (Å²) in [5.41, 5.74) is 0.258. The van der Waals surface area contributed by atoms with Crippen molar-refractivity contribution in [2.75, 3.05) is 20.8 Å². The molecule has 2 aliphatic rings. The first-order valence-electron chi connectivity index (χ1n) is 7.41. The van der Waals surface area contributed by atoms with Crippen LogP contribution in [0, 0.1) is 11.3 Å². The highest BCUT2D eigenvalue weighted by Crippen LogP contribution is 2.51. The molecule has 130 valence electrons. The van der Waals surface area contributed by atoms with Gasteiger partial charge in [0.2, 0.25) is 0 Å². The molecular formula is C17H15NO7. The van der Waals surface area contributed by atoms with Crippen molar-refractivity contribution in [2.45, 2.75) is 12.8 Å². The van der Waals surface area contributed by atoms with Crippen LogP contribution in [0.2, 0.25) is 0 Å². The molecule has 0 saturated carbocycles. The molecule has 0 bridgehead atoms. The number of methoxy groups -OCH3 is 2. The molecule has 0 radical (unpaired) electrons. The number of aliphatic hydroxyl groups excluding tert-OH is 1. The van der Waals surface area contributed by atoms with Crippen LogP contribution in [0.4, 0.5) is 0 Å². The van der Waals surface area contributed by atoms with Gasteiger partial charge in [-0.1, -0.05) is 0 Å². The summed E-state index contributed by atoms with van der Waals surface area (Å²) in [6.07, 6.45) is 0. The van der Waals surface area contributed by atoms with Crippen molar-refractivity contribution < 1.29 is 33.6 Å². The maximum atomic E-state index is 12.4. The normalized spacial score (nSPS) is 18.5. The van der Waals surface area contributed by atoms with Crippen LogP contribution in [-0.4, -0.2) is 31.9 Å². The van der Waals surface area contributed by atoms with Gasteiger partial charge in [-0.25, -0.2) is 4.79 Å². The second kappa shape index (κ2) is 6.28. The molecule has 8 heteroatoms. The maximum absolute atomic E-state index is 12.4. The quantitative estimate of drug-likeness (QED) is 0.654. The van der Waals surface area contributed by atoms with Crippen LogP contribution < -0.4 is 14.2 Å². The fourth-order valence-corrected chi connectivity index (χ4v) is 2.81. The standard InChI is InChI=1S/C17H15NO7/c1-4-23-17-9(7-18)12-13-10(22-3)5-8(21-2)6-11(13)24-15(19)14(12)16(20)25-17/h5-6,12,20H,4H2,1-3H3. The van der Waals surface area contributed by atoms with Gasteiger partial charge in [0, 0.05) is 12.1 Å². The fraction of sp³-hybridized carbons (Fsp3) is 0.294. The van der Waals surface area contributed by atoms with Crippen LogP contribution >= 0.6 is 0 Å². The van der Waals surface area contributed by atoms with Gasteiger partial charge in [0.1, 0.15) is 34.5 Å². The van der Waals surface area contributed by atoms with Gasteiger partial charge in [-0.15, -0.1) is 0 Å². The Balaban J connectivity index is 2.30. The molecule has 2 aliphatic heterocycles. The van der Waals surface area contributed by atoms with Gasteiger partial charge in [-0.05, 0) is 6.92 Å². The number of carbonyl (C=O) groups is 1. The van der Waals surface area contributed by atoms with E-state index < -0.39 is 17.8 Å². The Hall–Kier alpha value is -3.34. The van der Waals surface area contributed by atoms with Crippen LogP contribution in [0.15, 0.2) is 35.2 Å². The summed E-state index contributed by atoms with van der Waals surface area (Å²) in [5.74, 6) is -1.66. The number of esters is 1. The molecule has 0 amide bonds. The highest BCUT2D eigenvalue weighted by atomic mass is 16.7. The van der Waals surface area contributed by atoms with Crippen LogP contribution in [0.3, 0.4) is 0 Å². The number of carbonyl (C=O) groups excluding carboxylic acids is 1. The number of nitriles is 1. The summed E-state index contributed by atoms with van der Waals surface area (Å²) in [6.45, 7) is 1.92. The highest BCUT2D eigenvalue weighted by molar-refractivity contribution is 5.96. The lowest BCUT2D eigenvalue weighted by Gasteiger charge is -2.31. The first-order valence-corrected chi connectivity index (χ1v) is 7.41. The Bertz CT molecular complexity index is 847. The molecule has 1 aromatic rings. The summed E-state index contributed by atoms with van der Waals surface area (Å²) in [4.78, 5) is 12.4. The minimum atomic E-state index is -0.933. The zero-order valence-electron chi connectivity index (χ0n) is 13.8. The van der Waals surface area contributed by atoms with Crippen LogP contribution in [0.5, 0.6) is 17.2 Å². The molecule has 1 atom stereocenters. The Morgan fingerprint density at radius 2 is 2.04 bits per heavy atom. The Labute approximate surface area is 143 Å². The van der Waals surface area contributed by atoms with E-state index in [9.17, 15) is 15.2 Å². The van der Waals surface area contributed by atoms with E-state index in [4.69, 9.17) is 23.7 Å². The molecule has 0 aromatic heterocycles. The predicted octanol–water partition coefficient (Wildman–Crippen LogP) is 2.28. The zero-order chi connectivity index (χ0) is 18.1. The van der Waals surface area contributed by atoms with Crippen molar-refractivity contribution in [3.05, 3.63) is 40.7 Å². The second-order valence-corrected chi connectivity index (χ2v) is 5.13. The minimum absolute atomic E-state index is 0.0380. The molecule has 0 aliphatic carbocycles. The second-order valence-electron chi connectivity index (χ2n) is 5.13. The van der Waals surface area contributed by atoms with Gasteiger partial charge < -0.3 is 28.8 Å². The largest absolute Gasteiger partial charge is 0.496 e. The summed E-state index contributed by atoms with van der Waals surface area (Å²) >= 11 is 0. The molecule has 2 heterocycles. The van der Waals surface area contributed by atoms with E-state index in [0.717, 1.165) is 0 Å². The van der Waals surface area contributed by atoms with Crippen LogP contribution in [0.25, 0.3) is 0 Å². The summed E-state index contributed by atoms with van der Waals surface area (Å²) < 4.78 is 26.2. The number of rotatable bonds is 4. The molecule has 1 aromatic carbocycles. The van der Waals surface area contributed by atoms with E-state index in [1.54, 1.807) is 13.0 Å². The average Bonchev–Trinajstić information content (AvgIpc) is 2.60. The van der Waals surface area contributed by atoms with Gasteiger partial charge in [0.05, 0.1) is 32.3 Å². The van der Waals surface area contributed by atoms with Crippen LogP contribution in [-0.2, 0) is 14.3 Å². The van der Waals surface area contributed by atoms with E-state index in [1.807, 2.05) is 6.07 Å². The number of allylic oxidation sites excluding steroid dienone is 1. The Morgan fingerprint density at radius 3 is 2.64 bits per heavy atom. The van der Waals surface area contributed by atoms with Gasteiger partial charge in [0.25, 0.3) is 5.95 Å². The van der Waals surface area contributed by atoms with Gasteiger partial charge in [-0.3, -0.25) is 0 Å². The molecule has 0 saturated heterocycles. The SMILES string of the molecule is CCOC1=C(C#N)C2C(=C(O)O1)C(=O)Oc1cc(OC)cc(OC)c12. The third-order valence-corrected chi connectivity index (χ3v) is 3.86. The number of hydrogen-bond donors (Lipinski definition) is 1. The van der Waals surface area contributed by atoms with Crippen molar-refractivity contribution in [3.8, 4) is 23.3 Å². The molecule has 1 N–H and O–H groups in total. The molecule has 8 nitrogen and oxygen atoms in total. The number of fused-ring (bicyclic) bond motifs is 3. The zero-order valence-corrected chi connectivity index (χ0v) is 13.8. The minimum Gasteiger partial charge on any atom is -0.496 e. The molecule has 0 fully saturated rings. The van der Waals surface area contributed by atoms with E-state index in [-0.39, 0.29) is 29.4 Å². The fourth-order valence-electron chi connectivity index (χ4n) is 2.81. The third-order valence-electron chi connectivity index (χ3n) is 3.86. The molecule has 3 rings (SSSR count). The monoisotopic (exact) mass is 345 g/mol. The van der Waals surface area contributed by atoms with E-state index >= 15 is 0 Å². The predicted molar refractivity (Wildman–Crippen MR) is 82.9 cm³/mol. The summed E-state index contributed by atoms with van der Waals surface area (Å²) in [6, 6.07) is 5.09. The number of nitrogens with zero attached hydrogens (tertiary/aromatic N) is 1. The van der Waals surface area contributed by atoms with Gasteiger partial charge >= 0.3 is 11.9 Å². The van der Waals surface area contributed by atoms with Crippen molar-refractivity contribution >= 4 is 5.97 Å². The van der Waals surface area contributed by atoms with E-state index in [0.29, 0.717) is 17.1 Å². The maximum Gasteiger partial charge on any atom is 0.347 e. The first kappa shape index (κ1) is 16.5. The molecule has 0 spiro atoms. The molecule has 1 unspecified atom stereocenters. The van der Waals surface area contributed by atoms with Gasteiger partial charge in [-0.2, -0.15) is 5.26 Å². The van der Waals surface area contributed by atoms with Crippen molar-refractivity contribution in [1.29, 1.82) is 5.26 Å². The lowest BCUT2D eigenvalue weighted by molar-refractivity contribution is -0.132.